The van der Waals surface area contributed by atoms with E-state index in [1.54, 1.807) is 0 Å². The second-order valence-electron chi connectivity index (χ2n) is 5.25. The maximum absolute atomic E-state index is 12.0. The quantitative estimate of drug-likeness (QED) is 0.760. The molecule has 7 heteroatoms. The van der Waals surface area contributed by atoms with E-state index in [-0.39, 0.29) is 5.91 Å². The Morgan fingerprint density at radius 1 is 1.29 bits per heavy atom. The molecule has 1 aliphatic carbocycles. The third-order valence-corrected chi connectivity index (χ3v) is 3.62. The lowest BCUT2D eigenvalue weighted by Crippen LogP contribution is -2.23. The van der Waals surface area contributed by atoms with Crippen molar-refractivity contribution in [1.29, 1.82) is 0 Å². The summed E-state index contributed by atoms with van der Waals surface area (Å²) >= 11 is 0. The van der Waals surface area contributed by atoms with Gasteiger partial charge in [0.25, 0.3) is 5.91 Å². The van der Waals surface area contributed by atoms with Gasteiger partial charge in [-0.3, -0.25) is 9.89 Å². The molecule has 0 bridgehead atoms. The van der Waals surface area contributed by atoms with Gasteiger partial charge in [0, 0.05) is 18.2 Å². The molecular weight excluding hydrogens is 270 g/mol. The normalized spacial score (nSPS) is 14.5. The van der Waals surface area contributed by atoms with E-state index in [4.69, 9.17) is 0 Å². The molecule has 1 aliphatic rings. The van der Waals surface area contributed by atoms with Crippen LogP contribution in [0.15, 0.2) is 28.9 Å². The molecule has 4 rings (SSSR count). The monoisotopic (exact) mass is 283 g/mol. The molecule has 0 unspecified atom stereocenters. The molecule has 2 N–H and O–H groups in total. The van der Waals surface area contributed by atoms with Gasteiger partial charge in [0.2, 0.25) is 0 Å². The van der Waals surface area contributed by atoms with E-state index < -0.39 is 0 Å². The summed E-state index contributed by atoms with van der Waals surface area (Å²) in [4.78, 5) is 12.0. The van der Waals surface area contributed by atoms with Gasteiger partial charge in [-0.2, -0.15) is 5.10 Å². The van der Waals surface area contributed by atoms with Crippen molar-refractivity contribution in [2.24, 2.45) is 0 Å². The number of hydrogen-bond donors (Lipinski definition) is 2. The topological polar surface area (TPSA) is 96.7 Å². The van der Waals surface area contributed by atoms with Crippen LogP contribution in [0, 0.1) is 0 Å². The second kappa shape index (κ2) is 4.69. The minimum absolute atomic E-state index is 0.184. The highest BCUT2D eigenvalue weighted by Crippen LogP contribution is 2.38. The van der Waals surface area contributed by atoms with Crippen molar-refractivity contribution in [2.75, 3.05) is 0 Å². The van der Waals surface area contributed by atoms with E-state index in [1.165, 1.54) is 12.8 Å². The zero-order valence-electron chi connectivity index (χ0n) is 11.2. The number of fused-ring (bicyclic) bond motifs is 1. The molecule has 1 fully saturated rings. The van der Waals surface area contributed by atoms with Gasteiger partial charge in [0.15, 0.2) is 0 Å². The smallest absolute Gasteiger partial charge is 0.272 e. The van der Waals surface area contributed by atoms with Crippen molar-refractivity contribution in [3.63, 3.8) is 0 Å². The van der Waals surface area contributed by atoms with Crippen molar-refractivity contribution in [2.45, 2.75) is 25.3 Å². The molecule has 0 aliphatic heterocycles. The first-order valence-corrected chi connectivity index (χ1v) is 6.84. The highest BCUT2D eigenvalue weighted by Gasteiger charge is 2.26. The highest BCUT2D eigenvalue weighted by molar-refractivity contribution is 5.92. The fourth-order valence-corrected chi connectivity index (χ4v) is 2.27. The Morgan fingerprint density at radius 3 is 3.00 bits per heavy atom. The maximum atomic E-state index is 12.0. The predicted molar refractivity (Wildman–Crippen MR) is 73.5 cm³/mol. The van der Waals surface area contributed by atoms with E-state index in [9.17, 15) is 4.79 Å². The molecule has 2 heterocycles. The number of H-pyrrole nitrogens is 1. The largest absolute Gasteiger partial charge is 0.347 e. The van der Waals surface area contributed by atoms with Crippen LogP contribution in [0.1, 0.15) is 40.5 Å². The molecule has 21 heavy (non-hydrogen) atoms. The molecule has 7 nitrogen and oxygen atoms in total. The lowest BCUT2D eigenvalue weighted by molar-refractivity contribution is 0.0946. The van der Waals surface area contributed by atoms with Gasteiger partial charge < -0.3 is 5.32 Å². The number of carbonyl (C=O) groups excluding carboxylic acids is 1. The Labute approximate surface area is 119 Å². The summed E-state index contributed by atoms with van der Waals surface area (Å²) in [6.45, 7) is 0.410. The summed E-state index contributed by atoms with van der Waals surface area (Å²) in [5.74, 6) is 0.373. The molecule has 0 radical (unpaired) electrons. The van der Waals surface area contributed by atoms with Crippen LogP contribution in [-0.2, 0) is 6.54 Å². The summed E-state index contributed by atoms with van der Waals surface area (Å²) in [6, 6.07) is 7.37. The summed E-state index contributed by atoms with van der Waals surface area (Å²) < 4.78 is 4.64. The molecule has 1 amide bonds. The third-order valence-electron chi connectivity index (χ3n) is 3.62. The summed E-state index contributed by atoms with van der Waals surface area (Å²) in [6.07, 6.45) is 2.35. The minimum atomic E-state index is -0.184. The van der Waals surface area contributed by atoms with Gasteiger partial charge in [-0.05, 0) is 46.9 Å². The first-order chi connectivity index (χ1) is 10.3. The van der Waals surface area contributed by atoms with E-state index in [1.807, 2.05) is 24.3 Å². The van der Waals surface area contributed by atoms with Crippen molar-refractivity contribution in [3.8, 4) is 0 Å². The second-order valence-corrected chi connectivity index (χ2v) is 5.25. The molecule has 2 aromatic heterocycles. The number of nitrogens with zero attached hydrogens (tertiary/aromatic N) is 3. The van der Waals surface area contributed by atoms with Gasteiger partial charge in [-0.25, -0.2) is 4.63 Å². The summed E-state index contributed by atoms with van der Waals surface area (Å²) in [5.41, 5.74) is 3.80. The van der Waals surface area contributed by atoms with Crippen molar-refractivity contribution >= 4 is 16.9 Å². The minimum Gasteiger partial charge on any atom is -0.347 e. The fraction of sp³-hybridized carbons (Fsp3) is 0.286. The third kappa shape index (κ3) is 2.37. The number of nitrogens with one attached hydrogen (secondary N) is 2. The SMILES string of the molecule is O=C(NCc1ccc2nonc2c1)c1cc(C2CC2)[nH]n1. The van der Waals surface area contributed by atoms with Gasteiger partial charge in [-0.1, -0.05) is 6.07 Å². The number of benzene rings is 1. The summed E-state index contributed by atoms with van der Waals surface area (Å²) in [7, 11) is 0. The van der Waals surface area contributed by atoms with Crippen molar-refractivity contribution in [3.05, 3.63) is 41.2 Å². The number of amides is 1. The van der Waals surface area contributed by atoms with E-state index in [2.05, 4.69) is 30.5 Å². The van der Waals surface area contributed by atoms with Gasteiger partial charge in [-0.15, -0.1) is 0 Å². The van der Waals surface area contributed by atoms with E-state index >= 15 is 0 Å². The zero-order valence-corrected chi connectivity index (χ0v) is 11.2. The van der Waals surface area contributed by atoms with Crippen LogP contribution in [0.2, 0.25) is 0 Å². The number of hydrogen-bond acceptors (Lipinski definition) is 5. The number of aromatic nitrogens is 4. The first kappa shape index (κ1) is 12.1. The molecule has 1 aromatic carbocycles. The molecule has 1 saturated carbocycles. The lowest BCUT2D eigenvalue weighted by Gasteiger charge is -2.02. The zero-order chi connectivity index (χ0) is 14.2. The first-order valence-electron chi connectivity index (χ1n) is 6.84. The predicted octanol–water partition coefficient (Wildman–Crippen LogP) is 1.75. The van der Waals surface area contributed by atoms with Crippen LogP contribution < -0.4 is 5.32 Å². The molecule has 0 saturated heterocycles. The Kier molecular flexibility index (Phi) is 2.70. The van der Waals surface area contributed by atoms with Crippen LogP contribution in [0.5, 0.6) is 0 Å². The van der Waals surface area contributed by atoms with Gasteiger partial charge in [0.1, 0.15) is 16.7 Å². The van der Waals surface area contributed by atoms with Crippen LogP contribution >= 0.6 is 0 Å². The van der Waals surface area contributed by atoms with Crippen LogP contribution in [0.25, 0.3) is 11.0 Å². The Hall–Kier alpha value is -2.70. The van der Waals surface area contributed by atoms with Gasteiger partial charge >= 0.3 is 0 Å². The number of rotatable bonds is 4. The van der Waals surface area contributed by atoms with Crippen LogP contribution in [0.3, 0.4) is 0 Å². The molecule has 0 spiro atoms. The van der Waals surface area contributed by atoms with Crippen LogP contribution in [0.4, 0.5) is 0 Å². The van der Waals surface area contributed by atoms with Gasteiger partial charge in [0.05, 0.1) is 0 Å². The Balaban J connectivity index is 1.43. The number of aromatic amines is 1. The van der Waals surface area contributed by atoms with Crippen molar-refractivity contribution < 1.29 is 9.42 Å². The van der Waals surface area contributed by atoms with Crippen LogP contribution in [-0.4, -0.2) is 26.4 Å². The average molecular weight is 283 g/mol. The fourth-order valence-electron chi connectivity index (χ4n) is 2.27. The molecule has 0 atom stereocenters. The molecular formula is C14H13N5O2. The number of carbonyl (C=O) groups is 1. The Bertz CT molecular complexity index is 802. The molecule has 106 valence electrons. The average Bonchev–Trinajstić information content (AvgIpc) is 3.05. The highest BCUT2D eigenvalue weighted by atomic mass is 16.6. The Morgan fingerprint density at radius 2 is 2.14 bits per heavy atom. The molecule has 3 aromatic rings. The maximum Gasteiger partial charge on any atom is 0.272 e. The standard InChI is InChI=1S/C14H13N5O2/c20-14(13-6-11(16-17-13)9-2-3-9)15-7-8-1-4-10-12(5-8)19-21-18-10/h1,4-6,9H,2-3,7H2,(H,15,20)(H,16,17). The summed E-state index contributed by atoms with van der Waals surface area (Å²) in [5, 5.41) is 17.3. The van der Waals surface area contributed by atoms with E-state index in [0.29, 0.717) is 29.2 Å². The van der Waals surface area contributed by atoms with Crippen molar-refractivity contribution in [1.82, 2.24) is 25.8 Å². The van der Waals surface area contributed by atoms with E-state index in [0.717, 1.165) is 11.3 Å². The lowest BCUT2D eigenvalue weighted by atomic mass is 10.2.